The Morgan fingerprint density at radius 2 is 2.04 bits per heavy atom. The molecule has 1 aliphatic heterocycles. The third kappa shape index (κ3) is 4.12. The first-order valence-electron chi connectivity index (χ1n) is 8.13. The van der Waals surface area contributed by atoms with Crippen molar-refractivity contribution in [2.24, 2.45) is 0 Å². The third-order valence-corrected chi connectivity index (χ3v) is 4.25. The molecular weight excluding hydrogens is 340 g/mol. The van der Waals surface area contributed by atoms with E-state index >= 15 is 0 Å². The van der Waals surface area contributed by atoms with Crippen molar-refractivity contribution in [3.05, 3.63) is 59.1 Å². The lowest BCUT2D eigenvalue weighted by Gasteiger charge is -2.32. The molecule has 0 radical (unpaired) electrons. The van der Waals surface area contributed by atoms with E-state index in [0.717, 1.165) is 5.56 Å². The number of para-hydroxylation sites is 2. The van der Waals surface area contributed by atoms with Gasteiger partial charge in [-0.1, -0.05) is 35.9 Å². The van der Waals surface area contributed by atoms with Crippen molar-refractivity contribution >= 4 is 29.1 Å². The van der Waals surface area contributed by atoms with Crippen LogP contribution in [0.25, 0.3) is 0 Å². The Kier molecular flexibility index (Phi) is 5.24. The summed E-state index contributed by atoms with van der Waals surface area (Å²) < 4.78 is 5.59. The van der Waals surface area contributed by atoms with Gasteiger partial charge in [-0.25, -0.2) is 0 Å². The van der Waals surface area contributed by atoms with Gasteiger partial charge in [-0.3, -0.25) is 9.59 Å². The first kappa shape index (κ1) is 17.3. The highest BCUT2D eigenvalue weighted by molar-refractivity contribution is 6.30. The van der Waals surface area contributed by atoms with Gasteiger partial charge in [0, 0.05) is 24.5 Å². The Morgan fingerprint density at radius 1 is 1.24 bits per heavy atom. The van der Waals surface area contributed by atoms with Gasteiger partial charge in [0.2, 0.25) is 5.91 Å². The highest BCUT2D eigenvalue weighted by Crippen LogP contribution is 2.33. The monoisotopic (exact) mass is 358 g/mol. The normalized spacial score (nSPS) is 16.2. The minimum absolute atomic E-state index is 0.121. The Bertz CT molecular complexity index is 794. The number of carbonyl (C=O) groups excluding carboxylic acids is 2. The first-order valence-corrected chi connectivity index (χ1v) is 8.50. The second kappa shape index (κ2) is 7.57. The van der Waals surface area contributed by atoms with E-state index in [-0.39, 0.29) is 18.2 Å². The van der Waals surface area contributed by atoms with E-state index in [1.165, 1.54) is 0 Å². The molecule has 0 aliphatic carbocycles. The van der Waals surface area contributed by atoms with Crippen LogP contribution in [0.5, 0.6) is 5.75 Å². The van der Waals surface area contributed by atoms with E-state index in [1.807, 2.05) is 42.5 Å². The van der Waals surface area contributed by atoms with Crippen LogP contribution in [0.15, 0.2) is 48.5 Å². The molecule has 1 heterocycles. The van der Waals surface area contributed by atoms with Gasteiger partial charge in [0.25, 0.3) is 5.91 Å². The molecule has 2 aromatic rings. The minimum Gasteiger partial charge on any atom is -0.479 e. The topological polar surface area (TPSA) is 58.6 Å². The highest BCUT2D eigenvalue weighted by atomic mass is 35.5. The SMILES string of the molecule is C[C@H]1Oc2ccccc2N(CCC(=O)NCc2cccc(Cl)c2)C1=O. The van der Waals surface area contributed by atoms with Crippen LogP contribution in [0, 0.1) is 0 Å². The minimum atomic E-state index is -0.551. The summed E-state index contributed by atoms with van der Waals surface area (Å²) in [7, 11) is 0. The van der Waals surface area contributed by atoms with E-state index in [0.29, 0.717) is 29.5 Å². The van der Waals surface area contributed by atoms with Crippen LogP contribution in [-0.2, 0) is 16.1 Å². The predicted octanol–water partition coefficient (Wildman–Crippen LogP) is 3.16. The van der Waals surface area contributed by atoms with Gasteiger partial charge >= 0.3 is 0 Å². The molecule has 0 bridgehead atoms. The van der Waals surface area contributed by atoms with Gasteiger partial charge in [-0.15, -0.1) is 0 Å². The van der Waals surface area contributed by atoms with Gasteiger partial charge in [-0.2, -0.15) is 0 Å². The summed E-state index contributed by atoms with van der Waals surface area (Å²) in [5.41, 5.74) is 1.63. The number of anilines is 1. The molecule has 1 aliphatic rings. The zero-order valence-corrected chi connectivity index (χ0v) is 14.6. The predicted molar refractivity (Wildman–Crippen MR) is 96.8 cm³/mol. The van der Waals surface area contributed by atoms with Crippen molar-refractivity contribution in [1.82, 2.24) is 5.32 Å². The Morgan fingerprint density at radius 3 is 2.84 bits per heavy atom. The summed E-state index contributed by atoms with van der Waals surface area (Å²) in [6.07, 6.45) is -0.336. The summed E-state index contributed by atoms with van der Waals surface area (Å²) in [5.74, 6) is 0.402. The van der Waals surface area contributed by atoms with Gasteiger partial charge in [-0.05, 0) is 36.8 Å². The summed E-state index contributed by atoms with van der Waals surface area (Å²) >= 11 is 5.93. The average molecular weight is 359 g/mol. The second-order valence-electron chi connectivity index (χ2n) is 5.87. The van der Waals surface area contributed by atoms with Gasteiger partial charge in [0.1, 0.15) is 5.75 Å². The molecule has 1 atom stereocenters. The molecule has 3 rings (SSSR count). The Hall–Kier alpha value is -2.53. The molecule has 0 aromatic heterocycles. The van der Waals surface area contributed by atoms with Crippen LogP contribution in [-0.4, -0.2) is 24.5 Å². The van der Waals surface area contributed by atoms with Crippen molar-refractivity contribution in [2.45, 2.75) is 26.0 Å². The van der Waals surface area contributed by atoms with Crippen molar-refractivity contribution in [3.63, 3.8) is 0 Å². The van der Waals surface area contributed by atoms with Crippen molar-refractivity contribution < 1.29 is 14.3 Å². The smallest absolute Gasteiger partial charge is 0.267 e. The Balaban J connectivity index is 1.59. The fourth-order valence-corrected chi connectivity index (χ4v) is 2.95. The number of hydrogen-bond donors (Lipinski definition) is 1. The third-order valence-electron chi connectivity index (χ3n) is 4.01. The molecule has 1 N–H and O–H groups in total. The summed E-state index contributed by atoms with van der Waals surface area (Å²) in [5, 5.41) is 3.48. The van der Waals surface area contributed by atoms with Crippen molar-refractivity contribution in [2.75, 3.05) is 11.4 Å². The number of rotatable bonds is 5. The summed E-state index contributed by atoms with van der Waals surface area (Å²) in [6.45, 7) is 2.43. The Labute approximate surface area is 151 Å². The molecule has 0 saturated carbocycles. The van der Waals surface area contributed by atoms with E-state index in [1.54, 1.807) is 17.9 Å². The zero-order chi connectivity index (χ0) is 17.8. The average Bonchev–Trinajstić information content (AvgIpc) is 2.60. The molecule has 2 amide bonds. The van der Waals surface area contributed by atoms with Gasteiger partial charge in [0.15, 0.2) is 6.10 Å². The number of carbonyl (C=O) groups is 2. The first-order chi connectivity index (χ1) is 12.0. The molecule has 25 heavy (non-hydrogen) atoms. The number of hydrogen-bond acceptors (Lipinski definition) is 3. The van der Waals surface area contributed by atoms with Gasteiger partial charge < -0.3 is 15.0 Å². The maximum absolute atomic E-state index is 12.4. The van der Waals surface area contributed by atoms with E-state index in [9.17, 15) is 9.59 Å². The lowest BCUT2D eigenvalue weighted by atomic mass is 10.1. The van der Waals surface area contributed by atoms with Crippen LogP contribution in [0.4, 0.5) is 5.69 Å². The quantitative estimate of drug-likeness (QED) is 0.893. The molecule has 0 unspecified atom stereocenters. The lowest BCUT2D eigenvalue weighted by Crippen LogP contribution is -2.45. The van der Waals surface area contributed by atoms with E-state index in [2.05, 4.69) is 5.32 Å². The molecule has 0 saturated heterocycles. The zero-order valence-electron chi connectivity index (χ0n) is 13.9. The number of ether oxygens (including phenoxy) is 1. The van der Waals surface area contributed by atoms with E-state index < -0.39 is 6.10 Å². The fourth-order valence-electron chi connectivity index (χ4n) is 2.74. The number of fused-ring (bicyclic) bond motifs is 1. The summed E-state index contributed by atoms with van der Waals surface area (Å²) in [4.78, 5) is 26.1. The molecular formula is C19H19ClN2O3. The van der Waals surface area contributed by atoms with Crippen LogP contribution >= 0.6 is 11.6 Å². The number of nitrogens with zero attached hydrogens (tertiary/aromatic N) is 1. The number of amides is 2. The van der Waals surface area contributed by atoms with Crippen molar-refractivity contribution in [1.29, 1.82) is 0 Å². The van der Waals surface area contributed by atoms with Gasteiger partial charge in [0.05, 0.1) is 5.69 Å². The molecule has 6 heteroatoms. The molecule has 130 valence electrons. The lowest BCUT2D eigenvalue weighted by molar-refractivity contribution is -0.125. The van der Waals surface area contributed by atoms with Crippen LogP contribution in [0.1, 0.15) is 18.9 Å². The largest absolute Gasteiger partial charge is 0.479 e. The molecule has 5 nitrogen and oxygen atoms in total. The van der Waals surface area contributed by atoms with Crippen LogP contribution in [0.3, 0.4) is 0 Å². The number of nitrogens with one attached hydrogen (secondary N) is 1. The van der Waals surface area contributed by atoms with Crippen LogP contribution < -0.4 is 15.0 Å². The molecule has 0 fully saturated rings. The van der Waals surface area contributed by atoms with Crippen LogP contribution in [0.2, 0.25) is 5.02 Å². The second-order valence-corrected chi connectivity index (χ2v) is 6.31. The highest BCUT2D eigenvalue weighted by Gasteiger charge is 2.31. The summed E-state index contributed by atoms with van der Waals surface area (Å²) in [6, 6.07) is 14.7. The maximum Gasteiger partial charge on any atom is 0.267 e. The standard InChI is InChI=1S/C19H19ClN2O3/c1-13-19(24)22(16-7-2-3-8-17(16)25-13)10-9-18(23)21-12-14-5-4-6-15(20)11-14/h2-8,11,13H,9-10,12H2,1H3,(H,21,23)/t13-/m1/s1. The number of halogens is 1. The molecule has 2 aromatic carbocycles. The fraction of sp³-hybridized carbons (Fsp3) is 0.263. The van der Waals surface area contributed by atoms with Crippen molar-refractivity contribution in [3.8, 4) is 5.75 Å². The van der Waals surface area contributed by atoms with E-state index in [4.69, 9.17) is 16.3 Å². The maximum atomic E-state index is 12.4. The molecule has 0 spiro atoms. The number of benzene rings is 2.